The summed E-state index contributed by atoms with van der Waals surface area (Å²) < 4.78 is 0. The number of nitro groups is 1. The quantitative estimate of drug-likeness (QED) is 0.611. The summed E-state index contributed by atoms with van der Waals surface area (Å²) in [6.45, 7) is 0. The van der Waals surface area contributed by atoms with Gasteiger partial charge in [0.25, 0.3) is 5.69 Å². The molecule has 0 aliphatic rings. The molecular formula is C10H9N3O2. The summed E-state index contributed by atoms with van der Waals surface area (Å²) >= 11 is 0. The van der Waals surface area contributed by atoms with Gasteiger partial charge in [0, 0.05) is 24.8 Å². The zero-order chi connectivity index (χ0) is 10.7. The van der Waals surface area contributed by atoms with Crippen LogP contribution in [0.15, 0.2) is 36.8 Å². The Morgan fingerprint density at radius 2 is 2.07 bits per heavy atom. The van der Waals surface area contributed by atoms with Crippen LogP contribution < -0.4 is 0 Å². The van der Waals surface area contributed by atoms with Gasteiger partial charge in [-0.2, -0.15) is 0 Å². The van der Waals surface area contributed by atoms with Crippen LogP contribution in [-0.2, 0) is 6.42 Å². The van der Waals surface area contributed by atoms with Crippen molar-refractivity contribution >= 4 is 5.69 Å². The van der Waals surface area contributed by atoms with Crippen molar-refractivity contribution in [2.24, 2.45) is 0 Å². The molecule has 0 fully saturated rings. The minimum Gasteiger partial charge on any atom is -0.351 e. The molecule has 5 heteroatoms. The average molecular weight is 203 g/mol. The Labute approximate surface area is 85.9 Å². The summed E-state index contributed by atoms with van der Waals surface area (Å²) in [5.41, 5.74) is 2.04. The number of hydrogen-bond acceptors (Lipinski definition) is 3. The van der Waals surface area contributed by atoms with Crippen molar-refractivity contribution in [1.82, 2.24) is 9.97 Å². The maximum Gasteiger partial charge on any atom is 0.269 e. The molecule has 0 atom stereocenters. The number of nitrogens with zero attached hydrogens (tertiary/aromatic N) is 2. The molecule has 0 saturated carbocycles. The molecule has 0 bridgehead atoms. The molecule has 2 aromatic rings. The lowest BCUT2D eigenvalue weighted by Gasteiger charge is -1.97. The van der Waals surface area contributed by atoms with Gasteiger partial charge in [0.15, 0.2) is 0 Å². The second kappa shape index (κ2) is 3.91. The number of H-pyrrole nitrogens is 1. The van der Waals surface area contributed by atoms with Gasteiger partial charge in [-0.1, -0.05) is 12.1 Å². The molecule has 0 unspecified atom stereocenters. The third kappa shape index (κ3) is 2.19. The van der Waals surface area contributed by atoms with Crippen molar-refractivity contribution in [3.63, 3.8) is 0 Å². The van der Waals surface area contributed by atoms with E-state index in [1.807, 2.05) is 0 Å². The van der Waals surface area contributed by atoms with E-state index < -0.39 is 4.92 Å². The highest BCUT2D eigenvalue weighted by Gasteiger charge is 2.04. The maximum absolute atomic E-state index is 10.4. The lowest BCUT2D eigenvalue weighted by molar-refractivity contribution is -0.384. The van der Waals surface area contributed by atoms with E-state index in [-0.39, 0.29) is 5.69 Å². The first-order valence-corrected chi connectivity index (χ1v) is 4.47. The van der Waals surface area contributed by atoms with E-state index in [4.69, 9.17) is 0 Å². The van der Waals surface area contributed by atoms with Crippen LogP contribution in [-0.4, -0.2) is 14.9 Å². The zero-order valence-electron chi connectivity index (χ0n) is 7.88. The minimum atomic E-state index is -0.404. The Morgan fingerprint density at radius 3 is 2.60 bits per heavy atom. The molecule has 0 amide bonds. The third-order valence-electron chi connectivity index (χ3n) is 2.09. The molecule has 0 saturated heterocycles. The number of benzene rings is 1. The molecule has 0 aliphatic carbocycles. The first-order chi connectivity index (χ1) is 7.25. The summed E-state index contributed by atoms with van der Waals surface area (Å²) in [6, 6.07) is 6.49. The highest BCUT2D eigenvalue weighted by molar-refractivity contribution is 5.34. The summed E-state index contributed by atoms with van der Waals surface area (Å²) in [5, 5.41) is 10.4. The highest BCUT2D eigenvalue weighted by Crippen LogP contribution is 2.13. The van der Waals surface area contributed by atoms with Gasteiger partial charge in [0.05, 0.1) is 16.9 Å². The van der Waals surface area contributed by atoms with Crippen molar-refractivity contribution in [2.75, 3.05) is 0 Å². The summed E-state index contributed by atoms with van der Waals surface area (Å²) in [4.78, 5) is 17.0. The number of imidazole rings is 1. The van der Waals surface area contributed by atoms with E-state index >= 15 is 0 Å². The molecule has 2 rings (SSSR count). The SMILES string of the molecule is O=[N+]([O-])c1ccc(Cc2c[nH]cn2)cc1. The number of aromatic amines is 1. The van der Waals surface area contributed by atoms with Crippen molar-refractivity contribution in [2.45, 2.75) is 6.42 Å². The highest BCUT2D eigenvalue weighted by atomic mass is 16.6. The molecule has 1 aromatic heterocycles. The van der Waals surface area contributed by atoms with E-state index in [0.29, 0.717) is 6.42 Å². The molecule has 1 heterocycles. The van der Waals surface area contributed by atoms with Crippen LogP contribution in [0.5, 0.6) is 0 Å². The molecular weight excluding hydrogens is 194 g/mol. The molecule has 0 spiro atoms. The monoisotopic (exact) mass is 203 g/mol. The van der Waals surface area contributed by atoms with E-state index in [2.05, 4.69) is 9.97 Å². The van der Waals surface area contributed by atoms with Crippen LogP contribution >= 0.6 is 0 Å². The molecule has 0 radical (unpaired) electrons. The Hall–Kier alpha value is -2.17. The Morgan fingerprint density at radius 1 is 1.33 bits per heavy atom. The summed E-state index contributed by atoms with van der Waals surface area (Å²) in [7, 11) is 0. The van der Waals surface area contributed by atoms with Crippen LogP contribution in [0.2, 0.25) is 0 Å². The Kier molecular flexibility index (Phi) is 2.45. The summed E-state index contributed by atoms with van der Waals surface area (Å²) in [6.07, 6.45) is 4.10. The molecule has 15 heavy (non-hydrogen) atoms. The second-order valence-corrected chi connectivity index (χ2v) is 3.16. The summed E-state index contributed by atoms with van der Waals surface area (Å²) in [5.74, 6) is 0. The van der Waals surface area contributed by atoms with Gasteiger partial charge in [0.2, 0.25) is 0 Å². The van der Waals surface area contributed by atoms with Crippen LogP contribution in [0.1, 0.15) is 11.3 Å². The normalized spacial score (nSPS) is 10.1. The molecule has 0 aliphatic heterocycles. The number of non-ortho nitro benzene ring substituents is 1. The van der Waals surface area contributed by atoms with Gasteiger partial charge in [0.1, 0.15) is 0 Å². The van der Waals surface area contributed by atoms with Gasteiger partial charge in [-0.25, -0.2) is 4.98 Å². The molecule has 1 aromatic carbocycles. The second-order valence-electron chi connectivity index (χ2n) is 3.16. The van der Waals surface area contributed by atoms with Crippen LogP contribution in [0.25, 0.3) is 0 Å². The Balaban J connectivity index is 2.14. The topological polar surface area (TPSA) is 71.8 Å². The predicted molar refractivity (Wildman–Crippen MR) is 54.5 cm³/mol. The lowest BCUT2D eigenvalue weighted by atomic mass is 10.1. The number of rotatable bonds is 3. The van der Waals surface area contributed by atoms with E-state index in [1.54, 1.807) is 24.7 Å². The molecule has 5 nitrogen and oxygen atoms in total. The maximum atomic E-state index is 10.4. The van der Waals surface area contributed by atoms with E-state index in [9.17, 15) is 10.1 Å². The van der Waals surface area contributed by atoms with Gasteiger partial charge >= 0.3 is 0 Å². The fraction of sp³-hybridized carbons (Fsp3) is 0.100. The van der Waals surface area contributed by atoms with Crippen molar-refractivity contribution in [3.8, 4) is 0 Å². The molecule has 1 N–H and O–H groups in total. The zero-order valence-corrected chi connectivity index (χ0v) is 7.88. The number of nitro benzene ring substituents is 1. The van der Waals surface area contributed by atoms with E-state index in [0.717, 1.165) is 11.3 Å². The lowest BCUT2D eigenvalue weighted by Crippen LogP contribution is -1.90. The van der Waals surface area contributed by atoms with E-state index in [1.165, 1.54) is 12.1 Å². The third-order valence-corrected chi connectivity index (χ3v) is 2.09. The predicted octanol–water partition coefficient (Wildman–Crippen LogP) is 1.91. The number of nitrogens with one attached hydrogen (secondary N) is 1. The molecule has 76 valence electrons. The minimum absolute atomic E-state index is 0.112. The van der Waals surface area contributed by atoms with Crippen molar-refractivity contribution in [3.05, 3.63) is 58.2 Å². The number of hydrogen-bond donors (Lipinski definition) is 1. The van der Waals surface area contributed by atoms with Gasteiger partial charge in [-0.05, 0) is 5.56 Å². The largest absolute Gasteiger partial charge is 0.351 e. The van der Waals surface area contributed by atoms with Gasteiger partial charge in [-0.3, -0.25) is 10.1 Å². The standard InChI is InChI=1S/C10H9N3O2/c14-13(15)10-3-1-8(2-4-10)5-9-6-11-7-12-9/h1-4,6-7H,5H2,(H,11,12). The van der Waals surface area contributed by atoms with Crippen molar-refractivity contribution < 1.29 is 4.92 Å². The fourth-order valence-electron chi connectivity index (χ4n) is 1.33. The van der Waals surface area contributed by atoms with Crippen LogP contribution in [0, 0.1) is 10.1 Å². The van der Waals surface area contributed by atoms with Gasteiger partial charge in [-0.15, -0.1) is 0 Å². The first-order valence-electron chi connectivity index (χ1n) is 4.47. The van der Waals surface area contributed by atoms with Crippen LogP contribution in [0.4, 0.5) is 5.69 Å². The van der Waals surface area contributed by atoms with Gasteiger partial charge < -0.3 is 4.98 Å². The average Bonchev–Trinajstić information content (AvgIpc) is 2.71. The van der Waals surface area contributed by atoms with Crippen molar-refractivity contribution in [1.29, 1.82) is 0 Å². The number of aromatic nitrogens is 2. The first kappa shape index (κ1) is 9.39. The Bertz CT molecular complexity index is 448. The van der Waals surface area contributed by atoms with Crippen LogP contribution in [0.3, 0.4) is 0 Å². The smallest absolute Gasteiger partial charge is 0.269 e. The fourth-order valence-corrected chi connectivity index (χ4v) is 1.33.